The molecule has 170 valence electrons. The Morgan fingerprint density at radius 1 is 0.941 bits per heavy atom. The maximum atomic E-state index is 13.5. The predicted octanol–water partition coefficient (Wildman–Crippen LogP) is 3.56. The van der Waals surface area contributed by atoms with Gasteiger partial charge in [0.25, 0.3) is 10.0 Å². The van der Waals surface area contributed by atoms with E-state index in [1.165, 1.54) is 10.9 Å². The minimum atomic E-state index is -3.87. The quantitative estimate of drug-likeness (QED) is 0.396. The highest BCUT2D eigenvalue weighted by Gasteiger charge is 2.28. The van der Waals surface area contributed by atoms with Crippen molar-refractivity contribution in [3.63, 3.8) is 0 Å². The first-order chi connectivity index (χ1) is 16.5. The zero-order valence-electron chi connectivity index (χ0n) is 17.9. The molecule has 34 heavy (non-hydrogen) atoms. The van der Waals surface area contributed by atoms with E-state index < -0.39 is 15.8 Å². The van der Waals surface area contributed by atoms with Crippen LogP contribution in [-0.4, -0.2) is 38.9 Å². The Kier molecular flexibility index (Phi) is 4.70. The number of fused-ring (bicyclic) bond motifs is 2. The number of rotatable bonds is 4. The molecule has 0 saturated heterocycles. The fourth-order valence-electron chi connectivity index (χ4n) is 4.28. The zero-order chi connectivity index (χ0) is 23.3. The average molecular weight is 475 g/mol. The van der Waals surface area contributed by atoms with E-state index in [4.69, 9.17) is 0 Å². The van der Waals surface area contributed by atoms with Crippen molar-refractivity contribution in [1.29, 1.82) is 0 Å². The molecule has 0 fully saturated rings. The number of nitrogens with zero attached hydrogens (tertiary/aromatic N) is 6. The molecule has 8 nitrogen and oxygen atoms in total. The van der Waals surface area contributed by atoms with E-state index >= 15 is 0 Å². The number of benzene rings is 2. The number of hydrogen-bond donors (Lipinski definition) is 0. The lowest BCUT2D eigenvalue weighted by molar-refractivity contribution is 0.573. The third-order valence-electron chi connectivity index (χ3n) is 6.04. The van der Waals surface area contributed by atoms with Crippen molar-refractivity contribution in [2.45, 2.75) is 17.9 Å². The fraction of sp³-hybridized carbons (Fsp3) is 0.125. The molecule has 1 aliphatic heterocycles. The van der Waals surface area contributed by atoms with Crippen molar-refractivity contribution in [3.8, 4) is 5.69 Å². The van der Waals surface area contributed by atoms with E-state index in [9.17, 15) is 12.8 Å². The molecule has 1 aliphatic rings. The summed E-state index contributed by atoms with van der Waals surface area (Å²) >= 11 is 0. The number of hydrogen-bond acceptors (Lipinski definition) is 6. The summed E-state index contributed by atoms with van der Waals surface area (Å²) in [6.45, 7) is 1.13. The molecule has 0 unspecified atom stereocenters. The summed E-state index contributed by atoms with van der Waals surface area (Å²) < 4.78 is 42.8. The van der Waals surface area contributed by atoms with Gasteiger partial charge in [-0.25, -0.2) is 9.07 Å². The van der Waals surface area contributed by atoms with Crippen LogP contribution in [0.2, 0.25) is 0 Å². The van der Waals surface area contributed by atoms with Crippen LogP contribution in [0.25, 0.3) is 16.6 Å². The highest BCUT2D eigenvalue weighted by atomic mass is 32.2. The van der Waals surface area contributed by atoms with Gasteiger partial charge >= 0.3 is 0 Å². The summed E-state index contributed by atoms with van der Waals surface area (Å²) in [5.74, 6) is -0.398. The van der Waals surface area contributed by atoms with Crippen LogP contribution in [0.15, 0.2) is 84.3 Å². The van der Waals surface area contributed by atoms with Gasteiger partial charge in [-0.1, -0.05) is 6.07 Å². The molecule has 0 spiro atoms. The summed E-state index contributed by atoms with van der Waals surface area (Å²) in [4.78, 5) is 6.54. The first-order valence-corrected chi connectivity index (χ1v) is 12.1. The zero-order valence-corrected chi connectivity index (χ0v) is 18.7. The van der Waals surface area contributed by atoms with Gasteiger partial charge in [0, 0.05) is 23.8 Å². The molecule has 2 aromatic carbocycles. The molecule has 0 atom stereocenters. The second-order valence-corrected chi connectivity index (χ2v) is 9.88. The Bertz CT molecular complexity index is 1630. The smallest absolute Gasteiger partial charge is 0.283 e. The first kappa shape index (κ1) is 20.5. The van der Waals surface area contributed by atoms with Crippen LogP contribution in [-0.2, 0) is 23.0 Å². The molecule has 6 rings (SSSR count). The SMILES string of the molecule is O=S(=O)(c1ccc2ncccc2c1)n1ncc2c1CN(c1ccc(-n3cc(F)cn3)cc1)CC2. The van der Waals surface area contributed by atoms with E-state index in [0.29, 0.717) is 18.7 Å². The molecule has 10 heteroatoms. The second-order valence-electron chi connectivity index (χ2n) is 8.11. The van der Waals surface area contributed by atoms with E-state index in [2.05, 4.69) is 20.1 Å². The van der Waals surface area contributed by atoms with Crippen LogP contribution < -0.4 is 4.90 Å². The van der Waals surface area contributed by atoms with Crippen LogP contribution in [0, 0.1) is 5.82 Å². The fourth-order valence-corrected chi connectivity index (χ4v) is 5.63. The van der Waals surface area contributed by atoms with Crippen molar-refractivity contribution in [2.24, 2.45) is 0 Å². The first-order valence-electron chi connectivity index (χ1n) is 10.7. The van der Waals surface area contributed by atoms with Gasteiger partial charge in [0.2, 0.25) is 0 Å². The molecule has 0 aliphatic carbocycles. The largest absolute Gasteiger partial charge is 0.365 e. The molecule has 5 aromatic rings. The lowest BCUT2D eigenvalue weighted by Gasteiger charge is -2.29. The lowest BCUT2D eigenvalue weighted by Crippen LogP contribution is -2.32. The maximum absolute atomic E-state index is 13.5. The van der Waals surface area contributed by atoms with Crippen molar-refractivity contribution < 1.29 is 12.8 Å². The van der Waals surface area contributed by atoms with E-state index in [-0.39, 0.29) is 4.90 Å². The van der Waals surface area contributed by atoms with E-state index in [1.54, 1.807) is 36.7 Å². The Balaban J connectivity index is 1.31. The second kappa shape index (κ2) is 7.77. The number of pyridine rings is 1. The molecule has 0 radical (unpaired) electrons. The van der Waals surface area contributed by atoms with E-state index in [1.807, 2.05) is 30.3 Å². The van der Waals surface area contributed by atoms with Crippen molar-refractivity contribution in [2.75, 3.05) is 11.4 Å². The molecule has 0 amide bonds. The molecular weight excluding hydrogens is 455 g/mol. The van der Waals surface area contributed by atoms with E-state index in [0.717, 1.165) is 44.7 Å². The van der Waals surface area contributed by atoms with Crippen LogP contribution in [0.5, 0.6) is 0 Å². The third-order valence-corrected chi connectivity index (χ3v) is 7.66. The molecule has 0 bridgehead atoms. The highest BCUT2D eigenvalue weighted by Crippen LogP contribution is 2.28. The Hall–Kier alpha value is -4.05. The van der Waals surface area contributed by atoms with Gasteiger partial charge in [-0.05, 0) is 60.5 Å². The van der Waals surface area contributed by atoms with Crippen LogP contribution >= 0.6 is 0 Å². The van der Waals surface area contributed by atoms with Gasteiger partial charge in [0.05, 0.1) is 46.9 Å². The Morgan fingerprint density at radius 2 is 1.76 bits per heavy atom. The predicted molar refractivity (Wildman–Crippen MR) is 125 cm³/mol. The van der Waals surface area contributed by atoms with Gasteiger partial charge in [-0.15, -0.1) is 0 Å². The van der Waals surface area contributed by atoms with Crippen LogP contribution in [0.4, 0.5) is 10.1 Å². The molecule has 0 saturated carbocycles. The highest BCUT2D eigenvalue weighted by molar-refractivity contribution is 7.89. The molecule has 0 N–H and O–H groups in total. The summed E-state index contributed by atoms with van der Waals surface area (Å²) in [7, 11) is -3.87. The Morgan fingerprint density at radius 3 is 2.56 bits per heavy atom. The van der Waals surface area contributed by atoms with Crippen LogP contribution in [0.3, 0.4) is 0 Å². The lowest BCUT2D eigenvalue weighted by atomic mass is 10.1. The maximum Gasteiger partial charge on any atom is 0.283 e. The minimum Gasteiger partial charge on any atom is -0.365 e. The Labute approximate surface area is 194 Å². The third kappa shape index (κ3) is 3.43. The van der Waals surface area contributed by atoms with Crippen LogP contribution in [0.1, 0.15) is 11.3 Å². The standard InChI is InChI=1S/C24H19FN6O2S/c25-19-14-27-30(15-19)21-5-3-20(4-6-21)29-11-9-18-13-28-31(24(18)16-29)34(32,33)22-7-8-23-17(12-22)2-1-10-26-23/h1-8,10,12-15H,9,11,16H2. The molecule has 3 aromatic heterocycles. The van der Waals surface area contributed by atoms with Gasteiger partial charge in [-0.3, -0.25) is 4.98 Å². The summed E-state index contributed by atoms with van der Waals surface area (Å²) in [5.41, 5.74) is 3.98. The number of anilines is 1. The molecular formula is C24H19FN6O2S. The van der Waals surface area contributed by atoms with Crippen molar-refractivity contribution >= 4 is 26.6 Å². The van der Waals surface area contributed by atoms with Crippen molar-refractivity contribution in [1.82, 2.24) is 24.0 Å². The summed E-state index contributed by atoms with van der Waals surface area (Å²) in [6, 6.07) is 16.1. The summed E-state index contributed by atoms with van der Waals surface area (Å²) in [6.07, 6.45) is 6.47. The van der Waals surface area contributed by atoms with Gasteiger partial charge in [0.15, 0.2) is 5.82 Å². The van der Waals surface area contributed by atoms with Gasteiger partial charge < -0.3 is 4.90 Å². The monoisotopic (exact) mass is 474 g/mol. The topological polar surface area (TPSA) is 85.9 Å². The normalized spacial score (nSPS) is 13.9. The summed E-state index contributed by atoms with van der Waals surface area (Å²) in [5, 5.41) is 8.99. The number of aromatic nitrogens is 5. The number of halogens is 1. The van der Waals surface area contributed by atoms with Gasteiger partial charge in [0.1, 0.15) is 0 Å². The van der Waals surface area contributed by atoms with Crippen molar-refractivity contribution in [3.05, 3.63) is 96.5 Å². The van der Waals surface area contributed by atoms with Gasteiger partial charge in [-0.2, -0.15) is 22.7 Å². The molecule has 4 heterocycles. The minimum absolute atomic E-state index is 0.173. The average Bonchev–Trinajstić information content (AvgIpc) is 3.50.